The van der Waals surface area contributed by atoms with E-state index in [0.29, 0.717) is 11.7 Å². The first-order valence-electron chi connectivity index (χ1n) is 6.52. The summed E-state index contributed by atoms with van der Waals surface area (Å²) in [6.45, 7) is 2.21. The van der Waals surface area contributed by atoms with Crippen molar-refractivity contribution in [3.8, 4) is 0 Å². The van der Waals surface area contributed by atoms with E-state index in [4.69, 9.17) is 0 Å². The van der Waals surface area contributed by atoms with Crippen LogP contribution in [0.2, 0.25) is 0 Å². The Labute approximate surface area is 117 Å². The van der Waals surface area contributed by atoms with Gasteiger partial charge in [0.25, 0.3) is 0 Å². The second kappa shape index (κ2) is 5.98. The van der Waals surface area contributed by atoms with Crippen LogP contribution >= 0.6 is 22.6 Å². The minimum absolute atomic E-state index is 0.270. The van der Waals surface area contributed by atoms with Crippen molar-refractivity contribution >= 4 is 28.4 Å². The molecule has 1 saturated carbocycles. The summed E-state index contributed by atoms with van der Waals surface area (Å²) in [5.41, 5.74) is 0.905. The van der Waals surface area contributed by atoms with Crippen molar-refractivity contribution in [1.29, 1.82) is 0 Å². The number of carbonyl (C=O) groups is 1. The molecule has 1 aromatic rings. The van der Waals surface area contributed by atoms with E-state index in [0.717, 1.165) is 22.0 Å². The van der Waals surface area contributed by atoms with E-state index in [1.54, 1.807) is 0 Å². The lowest BCUT2D eigenvalue weighted by molar-refractivity contribution is 0.0820. The number of carbonyl (C=O) groups excluding carboxylic acids is 1. The summed E-state index contributed by atoms with van der Waals surface area (Å²) in [4.78, 5) is 12.5. The highest BCUT2D eigenvalue weighted by molar-refractivity contribution is 14.1. The minimum Gasteiger partial charge on any atom is -0.294 e. The summed E-state index contributed by atoms with van der Waals surface area (Å²) in [5, 5.41) is 0. The molecule has 2 rings (SSSR count). The molecule has 17 heavy (non-hydrogen) atoms. The Bertz CT molecular complexity index is 400. The predicted molar refractivity (Wildman–Crippen MR) is 79.2 cm³/mol. The lowest BCUT2D eigenvalue weighted by Crippen LogP contribution is -2.27. The van der Waals surface area contributed by atoms with Gasteiger partial charge in [0.1, 0.15) is 0 Å². The maximum absolute atomic E-state index is 12.5. The third-order valence-electron chi connectivity index (χ3n) is 3.88. The van der Waals surface area contributed by atoms with Gasteiger partial charge in [-0.15, -0.1) is 0 Å². The number of hydrogen-bond donors (Lipinski definition) is 0. The average molecular weight is 342 g/mol. The van der Waals surface area contributed by atoms with Crippen LogP contribution in [0.25, 0.3) is 0 Å². The Morgan fingerprint density at radius 3 is 2.82 bits per heavy atom. The molecule has 92 valence electrons. The molecule has 0 radical (unpaired) electrons. The Kier molecular flexibility index (Phi) is 4.60. The molecule has 2 unspecified atom stereocenters. The maximum atomic E-state index is 12.5. The largest absolute Gasteiger partial charge is 0.294 e. The number of Topliss-reactive ketones (excluding diaryl/α,β-unsaturated/α-hetero) is 1. The summed E-state index contributed by atoms with van der Waals surface area (Å²) in [6, 6.07) is 8.00. The summed E-state index contributed by atoms with van der Waals surface area (Å²) in [6.07, 6.45) is 5.98. The van der Waals surface area contributed by atoms with Gasteiger partial charge in [-0.25, -0.2) is 0 Å². The fraction of sp³-hybridized carbons (Fsp3) is 0.533. The Balaban J connectivity index is 2.18. The summed E-state index contributed by atoms with van der Waals surface area (Å²) in [5.74, 6) is 1.25. The lowest BCUT2D eigenvalue weighted by atomic mass is 9.74. The molecule has 1 nitrogen and oxygen atoms in total. The Hall–Kier alpha value is -0.380. The molecule has 0 aliphatic heterocycles. The highest BCUT2D eigenvalue weighted by Crippen LogP contribution is 2.34. The molecular weight excluding hydrogens is 323 g/mol. The molecule has 0 amide bonds. The Morgan fingerprint density at radius 2 is 2.12 bits per heavy atom. The summed E-state index contributed by atoms with van der Waals surface area (Å²) in [7, 11) is 0. The number of hydrogen-bond acceptors (Lipinski definition) is 1. The zero-order valence-corrected chi connectivity index (χ0v) is 12.4. The van der Waals surface area contributed by atoms with Gasteiger partial charge in [-0.1, -0.05) is 38.3 Å². The molecule has 2 atom stereocenters. The SMILES string of the molecule is CCC1CCCCC1C(=O)c1cccc(I)c1. The van der Waals surface area contributed by atoms with Crippen molar-refractivity contribution in [1.82, 2.24) is 0 Å². The van der Waals surface area contributed by atoms with Crippen molar-refractivity contribution in [3.05, 3.63) is 33.4 Å². The van der Waals surface area contributed by atoms with Crippen molar-refractivity contribution in [2.24, 2.45) is 11.8 Å². The van der Waals surface area contributed by atoms with E-state index in [-0.39, 0.29) is 5.92 Å². The summed E-state index contributed by atoms with van der Waals surface area (Å²) >= 11 is 2.27. The molecule has 1 aromatic carbocycles. The molecule has 0 spiro atoms. The molecule has 0 heterocycles. The number of rotatable bonds is 3. The molecule has 0 bridgehead atoms. The first kappa shape index (κ1) is 13.1. The van der Waals surface area contributed by atoms with Crippen LogP contribution in [0.4, 0.5) is 0 Å². The number of ketones is 1. The molecule has 0 aromatic heterocycles. The normalized spacial score (nSPS) is 24.6. The van der Waals surface area contributed by atoms with Crippen LogP contribution in [-0.2, 0) is 0 Å². The standard InChI is InChI=1S/C15H19IO/c1-2-11-6-3-4-9-14(11)15(17)12-7-5-8-13(16)10-12/h5,7-8,10-11,14H,2-4,6,9H2,1H3. The highest BCUT2D eigenvalue weighted by Gasteiger charge is 2.30. The van der Waals surface area contributed by atoms with Crippen molar-refractivity contribution in [3.63, 3.8) is 0 Å². The van der Waals surface area contributed by atoms with E-state index in [9.17, 15) is 4.79 Å². The fourth-order valence-corrected chi connectivity index (χ4v) is 3.44. The first-order chi connectivity index (χ1) is 8.22. The van der Waals surface area contributed by atoms with Gasteiger partial charge < -0.3 is 0 Å². The van der Waals surface area contributed by atoms with Gasteiger partial charge in [0.2, 0.25) is 0 Å². The van der Waals surface area contributed by atoms with Gasteiger partial charge in [-0.2, -0.15) is 0 Å². The molecule has 2 heteroatoms. The smallest absolute Gasteiger partial charge is 0.166 e. The van der Waals surface area contributed by atoms with Gasteiger partial charge in [-0.05, 0) is 53.5 Å². The van der Waals surface area contributed by atoms with Gasteiger partial charge in [0.15, 0.2) is 5.78 Å². The van der Waals surface area contributed by atoms with Crippen molar-refractivity contribution in [2.75, 3.05) is 0 Å². The third kappa shape index (κ3) is 3.09. The molecule has 0 N–H and O–H groups in total. The van der Waals surface area contributed by atoms with Crippen LogP contribution in [-0.4, -0.2) is 5.78 Å². The van der Waals surface area contributed by atoms with Gasteiger partial charge >= 0.3 is 0 Å². The highest BCUT2D eigenvalue weighted by atomic mass is 127. The minimum atomic E-state index is 0.270. The second-order valence-corrected chi connectivity index (χ2v) is 6.18. The average Bonchev–Trinajstić information content (AvgIpc) is 2.38. The van der Waals surface area contributed by atoms with Crippen LogP contribution in [0.15, 0.2) is 24.3 Å². The quantitative estimate of drug-likeness (QED) is 0.575. The molecule has 0 saturated heterocycles. The van der Waals surface area contributed by atoms with E-state index < -0.39 is 0 Å². The van der Waals surface area contributed by atoms with Crippen LogP contribution in [0, 0.1) is 15.4 Å². The van der Waals surface area contributed by atoms with E-state index in [1.807, 2.05) is 24.3 Å². The zero-order valence-electron chi connectivity index (χ0n) is 10.3. The molecule has 1 aliphatic carbocycles. The predicted octanol–water partition coefficient (Wildman–Crippen LogP) is 4.69. The fourth-order valence-electron chi connectivity index (χ4n) is 2.90. The lowest BCUT2D eigenvalue weighted by Gasteiger charge is -2.29. The molecule has 1 aliphatic rings. The second-order valence-electron chi connectivity index (χ2n) is 4.93. The zero-order chi connectivity index (χ0) is 12.3. The topological polar surface area (TPSA) is 17.1 Å². The van der Waals surface area contributed by atoms with Crippen LogP contribution in [0.3, 0.4) is 0 Å². The van der Waals surface area contributed by atoms with Crippen LogP contribution in [0.5, 0.6) is 0 Å². The first-order valence-corrected chi connectivity index (χ1v) is 7.60. The monoisotopic (exact) mass is 342 g/mol. The van der Waals surface area contributed by atoms with Crippen LogP contribution < -0.4 is 0 Å². The van der Waals surface area contributed by atoms with E-state index in [2.05, 4.69) is 29.5 Å². The van der Waals surface area contributed by atoms with Crippen molar-refractivity contribution in [2.45, 2.75) is 39.0 Å². The molecular formula is C15H19IO. The number of halogens is 1. The Morgan fingerprint density at radius 1 is 1.35 bits per heavy atom. The number of benzene rings is 1. The molecule has 1 fully saturated rings. The van der Waals surface area contributed by atoms with Crippen molar-refractivity contribution < 1.29 is 4.79 Å². The van der Waals surface area contributed by atoms with Gasteiger partial charge in [0.05, 0.1) is 0 Å². The maximum Gasteiger partial charge on any atom is 0.166 e. The summed E-state index contributed by atoms with van der Waals surface area (Å²) < 4.78 is 1.15. The van der Waals surface area contributed by atoms with Gasteiger partial charge in [0, 0.05) is 15.1 Å². The van der Waals surface area contributed by atoms with Gasteiger partial charge in [-0.3, -0.25) is 4.79 Å². The van der Waals surface area contributed by atoms with Crippen LogP contribution in [0.1, 0.15) is 49.4 Å². The van der Waals surface area contributed by atoms with E-state index >= 15 is 0 Å². The third-order valence-corrected chi connectivity index (χ3v) is 4.55. The van der Waals surface area contributed by atoms with E-state index in [1.165, 1.54) is 19.3 Å².